The third kappa shape index (κ3) is 1.70. The summed E-state index contributed by atoms with van der Waals surface area (Å²) in [6.07, 6.45) is -0.0410. The molecule has 0 aromatic carbocycles. The number of nitrogen functional groups attached to an aromatic ring is 1. The summed E-state index contributed by atoms with van der Waals surface area (Å²) < 4.78 is 1.46. The fourth-order valence-electron chi connectivity index (χ4n) is 0.851. The highest BCUT2D eigenvalue weighted by Crippen LogP contribution is 2.04. The van der Waals surface area contributed by atoms with Gasteiger partial charge in [-0.3, -0.25) is 9.48 Å². The summed E-state index contributed by atoms with van der Waals surface area (Å²) in [6, 6.07) is 1.55. The molecular weight excluding hydrogens is 146 g/mol. The molecule has 0 saturated heterocycles. The number of aromatic nitrogens is 2. The fraction of sp³-hybridized carbons (Fsp3) is 0.333. The normalized spacial score (nSPS) is 9.91. The van der Waals surface area contributed by atoms with Gasteiger partial charge in [0.1, 0.15) is 5.82 Å². The molecule has 0 aliphatic heterocycles. The summed E-state index contributed by atoms with van der Waals surface area (Å²) in [5.74, 6) is -0.531. The van der Waals surface area contributed by atoms with Crippen molar-refractivity contribution in [1.29, 1.82) is 0 Å². The summed E-state index contributed by atoms with van der Waals surface area (Å²) in [4.78, 5) is 10.2. The van der Waals surface area contributed by atoms with Gasteiger partial charge in [-0.25, -0.2) is 0 Å². The molecule has 5 nitrogen and oxygen atoms in total. The predicted molar refractivity (Wildman–Crippen MR) is 39.0 cm³/mol. The zero-order chi connectivity index (χ0) is 8.43. The number of nitrogens with two attached hydrogens (primary N) is 1. The molecule has 1 aromatic rings. The van der Waals surface area contributed by atoms with Crippen molar-refractivity contribution in [3.8, 4) is 0 Å². The molecule has 1 rings (SSSR count). The first-order valence-corrected chi connectivity index (χ1v) is 3.10. The third-order valence-electron chi connectivity index (χ3n) is 1.33. The van der Waals surface area contributed by atoms with Crippen LogP contribution in [0.4, 0.5) is 5.82 Å². The van der Waals surface area contributed by atoms with E-state index in [2.05, 4.69) is 5.10 Å². The highest BCUT2D eigenvalue weighted by Gasteiger charge is 2.05. The van der Waals surface area contributed by atoms with Crippen molar-refractivity contribution in [3.63, 3.8) is 0 Å². The minimum Gasteiger partial charge on any atom is -0.481 e. The SMILES string of the molecule is Cn1nc(N)cc1CC(=O)O. The van der Waals surface area contributed by atoms with E-state index in [1.807, 2.05) is 0 Å². The Morgan fingerprint density at radius 1 is 1.91 bits per heavy atom. The molecule has 0 aliphatic carbocycles. The van der Waals surface area contributed by atoms with E-state index in [-0.39, 0.29) is 6.42 Å². The summed E-state index contributed by atoms with van der Waals surface area (Å²) >= 11 is 0. The van der Waals surface area contributed by atoms with Crippen LogP contribution < -0.4 is 5.73 Å². The molecule has 3 N–H and O–H groups in total. The number of hydrogen-bond donors (Lipinski definition) is 2. The second kappa shape index (κ2) is 2.61. The lowest BCUT2D eigenvalue weighted by Gasteiger charge is -1.94. The number of aliphatic carboxylic acids is 1. The number of rotatable bonds is 2. The second-order valence-electron chi connectivity index (χ2n) is 2.25. The van der Waals surface area contributed by atoms with Gasteiger partial charge in [-0.05, 0) is 0 Å². The van der Waals surface area contributed by atoms with E-state index >= 15 is 0 Å². The van der Waals surface area contributed by atoms with E-state index in [0.29, 0.717) is 11.5 Å². The topological polar surface area (TPSA) is 81.1 Å². The van der Waals surface area contributed by atoms with E-state index in [9.17, 15) is 4.79 Å². The number of anilines is 1. The Morgan fingerprint density at radius 2 is 2.55 bits per heavy atom. The Kier molecular flexibility index (Phi) is 1.80. The molecule has 0 fully saturated rings. The third-order valence-corrected chi connectivity index (χ3v) is 1.33. The lowest BCUT2D eigenvalue weighted by molar-refractivity contribution is -0.136. The maximum absolute atomic E-state index is 10.2. The highest BCUT2D eigenvalue weighted by molar-refractivity contribution is 5.69. The van der Waals surface area contributed by atoms with Crippen molar-refractivity contribution in [2.45, 2.75) is 6.42 Å². The molecule has 1 heterocycles. The molecule has 5 heteroatoms. The summed E-state index contributed by atoms with van der Waals surface area (Å²) in [5.41, 5.74) is 5.94. The number of carbonyl (C=O) groups is 1. The van der Waals surface area contributed by atoms with E-state index < -0.39 is 5.97 Å². The number of carboxylic acid groups (broad SMARTS) is 1. The molecule has 0 unspecified atom stereocenters. The van der Waals surface area contributed by atoms with Crippen molar-refractivity contribution < 1.29 is 9.90 Å². The molecule has 0 radical (unpaired) electrons. The summed E-state index contributed by atoms with van der Waals surface area (Å²) in [7, 11) is 1.66. The molecular formula is C6H9N3O2. The van der Waals surface area contributed by atoms with E-state index in [4.69, 9.17) is 10.8 Å². The van der Waals surface area contributed by atoms with Gasteiger partial charge in [0.15, 0.2) is 0 Å². The maximum Gasteiger partial charge on any atom is 0.309 e. The van der Waals surface area contributed by atoms with E-state index in [0.717, 1.165) is 0 Å². The average molecular weight is 155 g/mol. The standard InChI is InChI=1S/C6H9N3O2/c1-9-4(3-6(10)11)2-5(7)8-9/h2H,3H2,1H3,(H2,7,8)(H,10,11). The lowest BCUT2D eigenvalue weighted by atomic mass is 10.3. The first-order chi connectivity index (χ1) is 5.09. The van der Waals surface area contributed by atoms with Gasteiger partial charge in [-0.15, -0.1) is 0 Å². The van der Waals surface area contributed by atoms with Crippen molar-refractivity contribution in [2.75, 3.05) is 5.73 Å². The molecule has 60 valence electrons. The van der Waals surface area contributed by atoms with E-state index in [1.165, 1.54) is 4.68 Å². The highest BCUT2D eigenvalue weighted by atomic mass is 16.4. The van der Waals surface area contributed by atoms with Crippen LogP contribution in [-0.2, 0) is 18.3 Å². The van der Waals surface area contributed by atoms with Gasteiger partial charge in [-0.2, -0.15) is 5.10 Å². The Morgan fingerprint density at radius 3 is 2.91 bits per heavy atom. The summed E-state index contributed by atoms with van der Waals surface area (Å²) in [6.45, 7) is 0. The Hall–Kier alpha value is -1.52. The molecule has 0 aliphatic rings. The van der Waals surface area contributed by atoms with Crippen LogP contribution in [0.2, 0.25) is 0 Å². The van der Waals surface area contributed by atoms with Crippen LogP contribution in [-0.4, -0.2) is 20.9 Å². The smallest absolute Gasteiger partial charge is 0.309 e. The molecule has 0 bridgehead atoms. The molecule has 0 amide bonds. The lowest BCUT2D eigenvalue weighted by Crippen LogP contribution is -2.05. The first-order valence-electron chi connectivity index (χ1n) is 3.10. The van der Waals surface area contributed by atoms with Gasteiger partial charge < -0.3 is 10.8 Å². The quantitative estimate of drug-likeness (QED) is 0.610. The number of hydrogen-bond acceptors (Lipinski definition) is 3. The minimum absolute atomic E-state index is 0.0410. The first kappa shape index (κ1) is 7.59. The van der Waals surface area contributed by atoms with Crippen LogP contribution in [0.25, 0.3) is 0 Å². The fourth-order valence-corrected chi connectivity index (χ4v) is 0.851. The van der Waals surface area contributed by atoms with Crippen molar-refractivity contribution in [3.05, 3.63) is 11.8 Å². The van der Waals surface area contributed by atoms with E-state index in [1.54, 1.807) is 13.1 Å². The number of nitrogens with zero attached hydrogens (tertiary/aromatic N) is 2. The van der Waals surface area contributed by atoms with Crippen LogP contribution in [0.1, 0.15) is 5.69 Å². The van der Waals surface area contributed by atoms with Crippen LogP contribution in [0, 0.1) is 0 Å². The van der Waals surface area contributed by atoms with Crippen molar-refractivity contribution in [1.82, 2.24) is 9.78 Å². The maximum atomic E-state index is 10.2. The van der Waals surface area contributed by atoms with Gasteiger partial charge in [-0.1, -0.05) is 0 Å². The van der Waals surface area contributed by atoms with Crippen LogP contribution in [0.5, 0.6) is 0 Å². The predicted octanol–water partition coefficient (Wildman–Crippen LogP) is -0.371. The number of carboxylic acids is 1. The second-order valence-corrected chi connectivity index (χ2v) is 2.25. The Bertz CT molecular complexity index is 279. The molecule has 1 aromatic heterocycles. The van der Waals surface area contributed by atoms with Gasteiger partial charge >= 0.3 is 5.97 Å². The Balaban J connectivity index is 2.85. The van der Waals surface area contributed by atoms with Crippen LogP contribution in [0.3, 0.4) is 0 Å². The van der Waals surface area contributed by atoms with Gasteiger partial charge in [0.05, 0.1) is 12.1 Å². The zero-order valence-electron chi connectivity index (χ0n) is 6.11. The monoisotopic (exact) mass is 155 g/mol. The molecule has 11 heavy (non-hydrogen) atoms. The minimum atomic E-state index is -0.881. The van der Waals surface area contributed by atoms with Crippen LogP contribution >= 0.6 is 0 Å². The van der Waals surface area contributed by atoms with Crippen LogP contribution in [0.15, 0.2) is 6.07 Å². The Labute approximate surface area is 63.4 Å². The average Bonchev–Trinajstić information content (AvgIpc) is 2.09. The summed E-state index contributed by atoms with van der Waals surface area (Å²) in [5, 5.41) is 12.2. The van der Waals surface area contributed by atoms with Gasteiger partial charge in [0.25, 0.3) is 0 Å². The largest absolute Gasteiger partial charge is 0.481 e. The number of aryl methyl sites for hydroxylation is 1. The molecule has 0 saturated carbocycles. The van der Waals surface area contributed by atoms with Gasteiger partial charge in [0.2, 0.25) is 0 Å². The van der Waals surface area contributed by atoms with Crippen molar-refractivity contribution >= 4 is 11.8 Å². The molecule has 0 atom stereocenters. The zero-order valence-corrected chi connectivity index (χ0v) is 6.11. The van der Waals surface area contributed by atoms with Gasteiger partial charge in [0, 0.05) is 13.1 Å². The molecule has 0 spiro atoms. The van der Waals surface area contributed by atoms with Crippen molar-refractivity contribution in [2.24, 2.45) is 7.05 Å².